The third kappa shape index (κ3) is 5.18. The Hall–Kier alpha value is -2.49. The maximum absolute atomic E-state index is 11.5. The molecule has 0 unspecified atom stereocenters. The van der Waals surface area contributed by atoms with Crippen molar-refractivity contribution in [1.29, 1.82) is 0 Å². The molecule has 0 spiro atoms. The first-order valence-corrected chi connectivity index (χ1v) is 7.07. The molecule has 2 amide bonds. The molecule has 0 bridgehead atoms. The summed E-state index contributed by atoms with van der Waals surface area (Å²) >= 11 is 1.51. The highest BCUT2D eigenvalue weighted by Gasteiger charge is 2.06. The summed E-state index contributed by atoms with van der Waals surface area (Å²) < 4.78 is 1.19. The number of urea groups is 1. The average Bonchev–Trinajstić information content (AvgIpc) is 3.07. The molecule has 0 aliphatic rings. The van der Waals surface area contributed by atoms with E-state index < -0.39 is 5.97 Å². The number of amides is 2. The third-order valence-electron chi connectivity index (χ3n) is 2.46. The zero-order valence-electron chi connectivity index (χ0n) is 11.0. The molecule has 0 atom stereocenters. The van der Waals surface area contributed by atoms with Gasteiger partial charge in [-0.3, -0.25) is 4.79 Å². The quantitative estimate of drug-likeness (QED) is 0.654. The largest absolute Gasteiger partial charge is 0.480 e. The van der Waals surface area contributed by atoms with E-state index in [1.807, 2.05) is 5.38 Å². The number of aromatic nitrogens is 4. The van der Waals surface area contributed by atoms with Crippen LogP contribution in [0.5, 0.6) is 0 Å². The minimum atomic E-state index is -1.00. The fourth-order valence-corrected chi connectivity index (χ4v) is 2.13. The van der Waals surface area contributed by atoms with Crippen LogP contribution in [0, 0.1) is 0 Å². The molecule has 112 valence electrons. The van der Waals surface area contributed by atoms with Crippen LogP contribution in [0.15, 0.2) is 17.1 Å². The number of hydrogen-bond donors (Lipinski definition) is 3. The Bertz CT molecular complexity index is 597. The molecule has 10 heteroatoms. The van der Waals surface area contributed by atoms with E-state index in [0.717, 1.165) is 5.69 Å². The molecule has 0 radical (unpaired) electrons. The van der Waals surface area contributed by atoms with Crippen molar-refractivity contribution in [2.75, 3.05) is 6.54 Å². The Balaban J connectivity index is 1.66. The predicted octanol–water partition coefficient (Wildman–Crippen LogP) is -0.139. The maximum Gasteiger partial charge on any atom is 0.325 e. The van der Waals surface area contributed by atoms with Crippen LogP contribution < -0.4 is 10.6 Å². The van der Waals surface area contributed by atoms with Crippen molar-refractivity contribution in [3.8, 4) is 0 Å². The van der Waals surface area contributed by atoms with E-state index in [-0.39, 0.29) is 19.1 Å². The lowest BCUT2D eigenvalue weighted by Gasteiger charge is -2.04. The zero-order valence-corrected chi connectivity index (χ0v) is 11.8. The van der Waals surface area contributed by atoms with Crippen molar-refractivity contribution in [3.63, 3.8) is 0 Å². The van der Waals surface area contributed by atoms with Crippen molar-refractivity contribution in [3.05, 3.63) is 28.5 Å². The Morgan fingerprint density at radius 1 is 1.33 bits per heavy atom. The van der Waals surface area contributed by atoms with Gasteiger partial charge in [-0.2, -0.15) is 0 Å². The van der Waals surface area contributed by atoms with Crippen molar-refractivity contribution in [2.24, 2.45) is 0 Å². The number of hydrogen-bond acceptors (Lipinski definition) is 6. The highest BCUT2D eigenvalue weighted by molar-refractivity contribution is 7.07. The number of carbonyl (C=O) groups excluding carboxylic acids is 1. The van der Waals surface area contributed by atoms with Crippen LogP contribution >= 0.6 is 11.3 Å². The second kappa shape index (κ2) is 7.33. The first kappa shape index (κ1) is 14.9. The Morgan fingerprint density at radius 2 is 2.19 bits per heavy atom. The van der Waals surface area contributed by atoms with Gasteiger partial charge in [0.25, 0.3) is 0 Å². The number of thiazole rings is 1. The van der Waals surface area contributed by atoms with E-state index in [9.17, 15) is 9.59 Å². The first-order chi connectivity index (χ1) is 10.1. The molecule has 0 saturated heterocycles. The van der Waals surface area contributed by atoms with Gasteiger partial charge in [0.05, 0.1) is 23.9 Å². The van der Waals surface area contributed by atoms with Crippen LogP contribution in [0.3, 0.4) is 0 Å². The van der Waals surface area contributed by atoms with E-state index in [1.165, 1.54) is 22.2 Å². The highest BCUT2D eigenvalue weighted by Crippen LogP contribution is 2.00. The average molecular weight is 310 g/mol. The van der Waals surface area contributed by atoms with Gasteiger partial charge in [-0.15, -0.1) is 16.4 Å². The van der Waals surface area contributed by atoms with Crippen molar-refractivity contribution < 1.29 is 14.7 Å². The van der Waals surface area contributed by atoms with Crippen molar-refractivity contribution in [2.45, 2.75) is 19.5 Å². The molecule has 2 heterocycles. The second-order valence-electron chi connectivity index (χ2n) is 4.14. The van der Waals surface area contributed by atoms with Gasteiger partial charge >= 0.3 is 12.0 Å². The lowest BCUT2D eigenvalue weighted by atomic mass is 10.3. The van der Waals surface area contributed by atoms with E-state index in [0.29, 0.717) is 18.7 Å². The first-order valence-electron chi connectivity index (χ1n) is 6.13. The molecule has 21 heavy (non-hydrogen) atoms. The normalized spacial score (nSPS) is 10.3. The van der Waals surface area contributed by atoms with Gasteiger partial charge in [-0.1, -0.05) is 5.21 Å². The van der Waals surface area contributed by atoms with Gasteiger partial charge in [0.15, 0.2) is 0 Å². The molecular formula is C11H14N6O3S. The molecule has 3 N–H and O–H groups in total. The molecule has 0 aliphatic heterocycles. The molecule has 2 aromatic rings. The van der Waals surface area contributed by atoms with Crippen LogP contribution in [-0.4, -0.2) is 43.6 Å². The summed E-state index contributed by atoms with van der Waals surface area (Å²) in [7, 11) is 0. The topological polar surface area (TPSA) is 122 Å². The van der Waals surface area contributed by atoms with Crippen LogP contribution in [-0.2, 0) is 24.3 Å². The molecular weight excluding hydrogens is 296 g/mol. The number of nitrogens with one attached hydrogen (secondary N) is 2. The SMILES string of the molecule is O=C(O)Cn1cc(CNC(=O)NCCc2cscn2)nn1. The molecule has 9 nitrogen and oxygen atoms in total. The standard InChI is InChI=1S/C11H14N6O3S/c18-10(19)5-17-4-9(15-16-17)3-13-11(20)12-2-1-8-6-21-7-14-8/h4,6-7H,1-3,5H2,(H,18,19)(H2,12,13,20). The molecule has 0 fully saturated rings. The van der Waals surface area contributed by atoms with E-state index in [4.69, 9.17) is 5.11 Å². The summed E-state index contributed by atoms with van der Waals surface area (Å²) in [6, 6.07) is -0.321. The Kier molecular flexibility index (Phi) is 5.21. The lowest BCUT2D eigenvalue weighted by Crippen LogP contribution is -2.36. The fourth-order valence-electron chi connectivity index (χ4n) is 1.53. The highest BCUT2D eigenvalue weighted by atomic mass is 32.1. The number of aliphatic carboxylic acids is 1. The Morgan fingerprint density at radius 3 is 2.90 bits per heavy atom. The second-order valence-corrected chi connectivity index (χ2v) is 4.86. The van der Waals surface area contributed by atoms with Gasteiger partial charge in [-0.05, 0) is 0 Å². The minimum absolute atomic E-state index is 0.183. The maximum atomic E-state index is 11.5. The van der Waals surface area contributed by atoms with E-state index >= 15 is 0 Å². The van der Waals surface area contributed by atoms with Crippen LogP contribution in [0.4, 0.5) is 4.79 Å². The number of carbonyl (C=O) groups is 2. The Labute approximate surface area is 124 Å². The summed E-state index contributed by atoms with van der Waals surface area (Å²) in [4.78, 5) is 26.1. The lowest BCUT2D eigenvalue weighted by molar-refractivity contribution is -0.137. The number of carboxylic acids is 1. The van der Waals surface area contributed by atoms with Crippen molar-refractivity contribution >= 4 is 23.3 Å². The molecule has 0 aromatic carbocycles. The van der Waals surface area contributed by atoms with Gasteiger partial charge < -0.3 is 15.7 Å². The fraction of sp³-hybridized carbons (Fsp3) is 0.364. The monoisotopic (exact) mass is 310 g/mol. The summed E-state index contributed by atoms with van der Waals surface area (Å²) in [6.07, 6.45) is 2.15. The zero-order chi connectivity index (χ0) is 15.1. The predicted molar refractivity (Wildman–Crippen MR) is 73.7 cm³/mol. The van der Waals surface area contributed by atoms with Gasteiger partial charge in [0.2, 0.25) is 0 Å². The number of rotatable bonds is 7. The van der Waals surface area contributed by atoms with Crippen LogP contribution in [0.2, 0.25) is 0 Å². The number of nitrogens with zero attached hydrogens (tertiary/aromatic N) is 4. The van der Waals surface area contributed by atoms with Gasteiger partial charge in [0, 0.05) is 18.3 Å². The molecule has 0 saturated carbocycles. The molecule has 0 aliphatic carbocycles. The number of carboxylic acid groups (broad SMARTS) is 1. The summed E-state index contributed by atoms with van der Waals surface area (Å²) in [5.74, 6) is -1.00. The third-order valence-corrected chi connectivity index (χ3v) is 3.10. The van der Waals surface area contributed by atoms with Crippen LogP contribution in [0.1, 0.15) is 11.4 Å². The summed E-state index contributed by atoms with van der Waals surface area (Å²) in [5, 5.41) is 23.2. The minimum Gasteiger partial charge on any atom is -0.480 e. The smallest absolute Gasteiger partial charge is 0.325 e. The summed E-state index contributed by atoms with van der Waals surface area (Å²) in [6.45, 7) is 0.413. The van der Waals surface area contributed by atoms with Gasteiger partial charge in [0.1, 0.15) is 12.2 Å². The molecule has 2 aromatic heterocycles. The van der Waals surface area contributed by atoms with Crippen molar-refractivity contribution in [1.82, 2.24) is 30.6 Å². The van der Waals surface area contributed by atoms with E-state index in [1.54, 1.807) is 5.51 Å². The van der Waals surface area contributed by atoms with Crippen LogP contribution in [0.25, 0.3) is 0 Å². The summed E-state index contributed by atoms with van der Waals surface area (Å²) in [5.41, 5.74) is 3.18. The van der Waals surface area contributed by atoms with Gasteiger partial charge in [-0.25, -0.2) is 14.5 Å². The van der Waals surface area contributed by atoms with E-state index in [2.05, 4.69) is 25.9 Å². The molecule has 2 rings (SSSR count).